The summed E-state index contributed by atoms with van der Waals surface area (Å²) in [6.45, 7) is 4.22. The third kappa shape index (κ3) is 2.22. The van der Waals surface area contributed by atoms with Gasteiger partial charge in [0.2, 0.25) is 5.91 Å². The molecule has 1 aliphatic heterocycles. The second-order valence-corrected chi connectivity index (χ2v) is 6.28. The number of rotatable bonds is 4. The minimum atomic E-state index is -0.256. The van der Waals surface area contributed by atoms with Crippen molar-refractivity contribution in [2.24, 2.45) is 5.92 Å². The molecule has 4 nitrogen and oxygen atoms in total. The molecule has 0 atom stereocenters. The number of hydrogen-bond acceptors (Lipinski definition) is 2. The monoisotopic (exact) mass is 318 g/mol. The number of carbonyl (C=O) groups excluding carboxylic acids is 2. The van der Waals surface area contributed by atoms with Gasteiger partial charge in [0.15, 0.2) is 0 Å². The fraction of sp³-hybridized carbons (Fsp3) is 0.200. The maximum absolute atomic E-state index is 12.9. The van der Waals surface area contributed by atoms with Crippen LogP contribution in [0.4, 0.5) is 11.4 Å². The van der Waals surface area contributed by atoms with E-state index in [9.17, 15) is 9.59 Å². The molecule has 1 heterocycles. The second kappa shape index (κ2) is 5.64. The van der Waals surface area contributed by atoms with Gasteiger partial charge < -0.3 is 10.2 Å². The Morgan fingerprint density at radius 3 is 2.79 bits per heavy atom. The van der Waals surface area contributed by atoms with Crippen molar-refractivity contribution in [3.63, 3.8) is 0 Å². The zero-order chi connectivity index (χ0) is 16.7. The number of hydrogen-bond donors (Lipinski definition) is 1. The summed E-state index contributed by atoms with van der Waals surface area (Å²) in [6, 6.07) is 9.46. The lowest BCUT2D eigenvalue weighted by molar-refractivity contribution is -0.111. The molecular formula is C20H18N2O2. The third-order valence-corrected chi connectivity index (χ3v) is 4.77. The lowest BCUT2D eigenvalue weighted by Crippen LogP contribution is -2.31. The van der Waals surface area contributed by atoms with Gasteiger partial charge in [0.25, 0.3) is 5.91 Å². The molecule has 2 aromatic carbocycles. The van der Waals surface area contributed by atoms with Gasteiger partial charge in [-0.05, 0) is 43.0 Å². The van der Waals surface area contributed by atoms with E-state index in [1.165, 1.54) is 6.08 Å². The van der Waals surface area contributed by atoms with Gasteiger partial charge in [0.1, 0.15) is 0 Å². The van der Waals surface area contributed by atoms with E-state index in [1.807, 2.05) is 35.2 Å². The summed E-state index contributed by atoms with van der Waals surface area (Å²) in [5.41, 5.74) is 2.36. The predicted molar refractivity (Wildman–Crippen MR) is 96.3 cm³/mol. The molecule has 2 aliphatic rings. The first-order valence-corrected chi connectivity index (χ1v) is 8.15. The Bertz CT molecular complexity index is 890. The van der Waals surface area contributed by atoms with Crippen LogP contribution < -0.4 is 10.2 Å². The van der Waals surface area contributed by atoms with Crippen molar-refractivity contribution in [3.05, 3.63) is 60.7 Å². The van der Waals surface area contributed by atoms with Gasteiger partial charge in [-0.3, -0.25) is 9.59 Å². The Balaban J connectivity index is 1.78. The number of nitrogens with one attached hydrogen (secondary N) is 1. The molecule has 0 unspecified atom stereocenters. The molecule has 2 amide bonds. The van der Waals surface area contributed by atoms with E-state index < -0.39 is 0 Å². The molecule has 0 spiro atoms. The predicted octanol–water partition coefficient (Wildman–Crippen LogP) is 3.89. The Labute approximate surface area is 140 Å². The van der Waals surface area contributed by atoms with Gasteiger partial charge in [-0.2, -0.15) is 0 Å². The van der Waals surface area contributed by atoms with Crippen LogP contribution in [0.15, 0.2) is 55.1 Å². The van der Waals surface area contributed by atoms with Gasteiger partial charge in [-0.1, -0.05) is 30.9 Å². The summed E-state index contributed by atoms with van der Waals surface area (Å²) in [6.07, 6.45) is 7.66. The summed E-state index contributed by atoms with van der Waals surface area (Å²) >= 11 is 0. The van der Waals surface area contributed by atoms with Crippen LogP contribution in [-0.4, -0.2) is 18.4 Å². The highest BCUT2D eigenvalue weighted by Crippen LogP contribution is 2.41. The van der Waals surface area contributed by atoms with Crippen molar-refractivity contribution >= 4 is 34.0 Å². The number of allylic oxidation sites excluding steroid dienone is 2. The first kappa shape index (κ1) is 14.7. The summed E-state index contributed by atoms with van der Waals surface area (Å²) in [7, 11) is 0. The van der Waals surface area contributed by atoms with Crippen LogP contribution >= 0.6 is 0 Å². The molecule has 0 saturated carbocycles. The van der Waals surface area contributed by atoms with E-state index in [-0.39, 0.29) is 11.8 Å². The Kier molecular flexibility index (Phi) is 3.45. The van der Waals surface area contributed by atoms with Crippen LogP contribution in [0, 0.1) is 5.92 Å². The molecule has 0 bridgehead atoms. The van der Waals surface area contributed by atoms with Crippen molar-refractivity contribution < 1.29 is 9.59 Å². The zero-order valence-corrected chi connectivity index (χ0v) is 13.3. The van der Waals surface area contributed by atoms with E-state index in [2.05, 4.69) is 24.0 Å². The molecule has 4 heteroatoms. The summed E-state index contributed by atoms with van der Waals surface area (Å²) < 4.78 is 0. The summed E-state index contributed by atoms with van der Waals surface area (Å²) in [5.74, 6) is 0.280. The van der Waals surface area contributed by atoms with Crippen LogP contribution in [0.25, 0.3) is 10.8 Å². The summed E-state index contributed by atoms with van der Waals surface area (Å²) in [4.78, 5) is 26.4. The highest BCUT2D eigenvalue weighted by Gasteiger charge is 2.32. The minimum absolute atomic E-state index is 0.0506. The maximum atomic E-state index is 12.9. The molecular weight excluding hydrogens is 300 g/mol. The minimum Gasteiger partial charge on any atom is -0.322 e. The molecule has 4 rings (SSSR count). The molecule has 24 heavy (non-hydrogen) atoms. The first-order chi connectivity index (χ1) is 11.7. The van der Waals surface area contributed by atoms with Gasteiger partial charge >= 0.3 is 0 Å². The highest BCUT2D eigenvalue weighted by molar-refractivity contribution is 6.27. The molecule has 0 saturated heterocycles. The van der Waals surface area contributed by atoms with Crippen LogP contribution in [-0.2, 0) is 4.79 Å². The van der Waals surface area contributed by atoms with Crippen LogP contribution in [0.5, 0.6) is 0 Å². The Hall–Kier alpha value is -2.88. The van der Waals surface area contributed by atoms with Gasteiger partial charge in [-0.25, -0.2) is 0 Å². The highest BCUT2D eigenvalue weighted by atomic mass is 16.2. The van der Waals surface area contributed by atoms with Crippen LogP contribution in [0.1, 0.15) is 23.2 Å². The average Bonchev–Trinajstić information content (AvgIpc) is 3.20. The van der Waals surface area contributed by atoms with E-state index in [0.717, 1.165) is 35.8 Å². The fourth-order valence-electron chi connectivity index (χ4n) is 3.60. The van der Waals surface area contributed by atoms with Crippen molar-refractivity contribution in [1.82, 2.24) is 0 Å². The number of nitrogens with zero attached hydrogens (tertiary/aromatic N) is 1. The van der Waals surface area contributed by atoms with E-state index in [0.29, 0.717) is 17.2 Å². The van der Waals surface area contributed by atoms with E-state index >= 15 is 0 Å². The van der Waals surface area contributed by atoms with Crippen molar-refractivity contribution in [3.8, 4) is 0 Å². The van der Waals surface area contributed by atoms with E-state index in [1.54, 1.807) is 0 Å². The molecule has 1 aliphatic carbocycles. The largest absolute Gasteiger partial charge is 0.322 e. The smallest absolute Gasteiger partial charge is 0.259 e. The molecule has 0 fully saturated rings. The zero-order valence-electron chi connectivity index (χ0n) is 13.3. The third-order valence-electron chi connectivity index (χ3n) is 4.77. The lowest BCUT2D eigenvalue weighted by Gasteiger charge is -2.22. The van der Waals surface area contributed by atoms with Gasteiger partial charge in [-0.15, -0.1) is 0 Å². The average molecular weight is 318 g/mol. The van der Waals surface area contributed by atoms with Crippen molar-refractivity contribution in [2.75, 3.05) is 16.8 Å². The first-order valence-electron chi connectivity index (χ1n) is 8.15. The van der Waals surface area contributed by atoms with Crippen LogP contribution in [0.2, 0.25) is 0 Å². The SMILES string of the molecule is C=CC(=O)Nc1ccc2c3c(cccc13)C(=O)N2CC1CC=CC1. The van der Waals surface area contributed by atoms with Crippen molar-refractivity contribution in [1.29, 1.82) is 0 Å². The quantitative estimate of drug-likeness (QED) is 0.687. The molecule has 120 valence electrons. The van der Waals surface area contributed by atoms with E-state index in [4.69, 9.17) is 0 Å². The molecule has 1 N–H and O–H groups in total. The number of benzene rings is 2. The standard InChI is InChI=1S/C20H18N2O2/c1-2-18(23)21-16-10-11-17-19-14(16)8-5-9-15(19)20(24)22(17)12-13-6-3-4-7-13/h2-5,8-11,13H,1,6-7,12H2,(H,21,23). The lowest BCUT2D eigenvalue weighted by atomic mass is 10.0. The van der Waals surface area contributed by atoms with Crippen LogP contribution in [0.3, 0.4) is 0 Å². The number of anilines is 2. The normalized spacial score (nSPS) is 16.2. The molecule has 2 aromatic rings. The Morgan fingerprint density at radius 1 is 1.25 bits per heavy atom. The number of amides is 2. The number of carbonyl (C=O) groups is 2. The maximum Gasteiger partial charge on any atom is 0.259 e. The second-order valence-electron chi connectivity index (χ2n) is 6.28. The molecule has 0 radical (unpaired) electrons. The fourth-order valence-corrected chi connectivity index (χ4v) is 3.60. The molecule has 0 aromatic heterocycles. The van der Waals surface area contributed by atoms with Gasteiger partial charge in [0.05, 0.1) is 5.69 Å². The van der Waals surface area contributed by atoms with Gasteiger partial charge in [0, 0.05) is 28.6 Å². The van der Waals surface area contributed by atoms with Crippen molar-refractivity contribution in [2.45, 2.75) is 12.8 Å². The Morgan fingerprint density at radius 2 is 2.04 bits per heavy atom. The summed E-state index contributed by atoms with van der Waals surface area (Å²) in [5, 5.41) is 4.64. The topological polar surface area (TPSA) is 49.4 Å².